The molecule has 1 unspecified atom stereocenters. The lowest BCUT2D eigenvalue weighted by molar-refractivity contribution is 0.112. The third-order valence-electron chi connectivity index (χ3n) is 3.20. The molecule has 2 nitrogen and oxygen atoms in total. The highest BCUT2D eigenvalue weighted by Crippen LogP contribution is 2.23. The van der Waals surface area contributed by atoms with Crippen molar-refractivity contribution in [2.24, 2.45) is 0 Å². The highest BCUT2D eigenvalue weighted by molar-refractivity contribution is 7.07. The summed E-state index contributed by atoms with van der Waals surface area (Å²) in [5.74, 6) is 0. The van der Waals surface area contributed by atoms with Crippen molar-refractivity contribution >= 4 is 17.6 Å². The van der Waals surface area contributed by atoms with Gasteiger partial charge in [-0.15, -0.1) is 0 Å². The lowest BCUT2D eigenvalue weighted by Gasteiger charge is -2.18. The van der Waals surface area contributed by atoms with Crippen LogP contribution in [0, 0.1) is 13.8 Å². The minimum absolute atomic E-state index is 0.387. The van der Waals surface area contributed by atoms with Crippen LogP contribution in [0.2, 0.25) is 0 Å². The molecule has 2 aromatic heterocycles. The van der Waals surface area contributed by atoms with E-state index in [2.05, 4.69) is 35.2 Å². The molecular formula is C14H17NOS. The second-order valence-corrected chi connectivity index (χ2v) is 5.28. The van der Waals surface area contributed by atoms with Gasteiger partial charge in [0.25, 0.3) is 0 Å². The highest BCUT2D eigenvalue weighted by atomic mass is 32.1. The summed E-state index contributed by atoms with van der Waals surface area (Å²) in [5.41, 5.74) is 4.40. The summed E-state index contributed by atoms with van der Waals surface area (Å²) in [6, 6.07) is 4.51. The minimum atomic E-state index is 0.387. The van der Waals surface area contributed by atoms with E-state index in [-0.39, 0.29) is 0 Å². The Kier molecular flexibility index (Phi) is 3.48. The average Bonchev–Trinajstić information content (AvgIpc) is 2.87. The van der Waals surface area contributed by atoms with Crippen molar-refractivity contribution in [3.63, 3.8) is 0 Å². The van der Waals surface area contributed by atoms with Crippen molar-refractivity contribution in [3.8, 4) is 0 Å². The van der Waals surface area contributed by atoms with E-state index >= 15 is 0 Å². The molecule has 0 aliphatic carbocycles. The number of rotatable bonds is 4. The third kappa shape index (κ3) is 2.34. The highest BCUT2D eigenvalue weighted by Gasteiger charge is 2.14. The van der Waals surface area contributed by atoms with E-state index in [1.807, 2.05) is 13.0 Å². The second-order valence-electron chi connectivity index (χ2n) is 4.50. The molecule has 2 aromatic rings. The Morgan fingerprint density at radius 3 is 2.76 bits per heavy atom. The number of thiophene rings is 1. The molecule has 2 rings (SSSR count). The van der Waals surface area contributed by atoms with Crippen molar-refractivity contribution in [2.75, 3.05) is 0 Å². The van der Waals surface area contributed by atoms with Crippen LogP contribution in [0.4, 0.5) is 0 Å². The number of hydrogen-bond acceptors (Lipinski definition) is 2. The average molecular weight is 247 g/mol. The van der Waals surface area contributed by atoms with E-state index in [0.29, 0.717) is 6.04 Å². The van der Waals surface area contributed by atoms with Gasteiger partial charge in [0.15, 0.2) is 6.29 Å². The zero-order valence-corrected chi connectivity index (χ0v) is 11.3. The van der Waals surface area contributed by atoms with Crippen LogP contribution in [-0.2, 0) is 6.42 Å². The van der Waals surface area contributed by atoms with Gasteiger partial charge in [-0.05, 0) is 55.6 Å². The molecule has 0 spiro atoms. The molecule has 0 fully saturated rings. The number of hydrogen-bond donors (Lipinski definition) is 0. The summed E-state index contributed by atoms with van der Waals surface area (Å²) >= 11 is 1.73. The number of carbonyl (C=O) groups excluding carboxylic acids is 1. The third-order valence-corrected chi connectivity index (χ3v) is 3.93. The van der Waals surface area contributed by atoms with Gasteiger partial charge in [-0.1, -0.05) is 0 Å². The Bertz CT molecular complexity index is 511. The molecule has 0 radical (unpaired) electrons. The fourth-order valence-corrected chi connectivity index (χ4v) is 3.12. The molecule has 0 saturated carbocycles. The van der Waals surface area contributed by atoms with Crippen LogP contribution >= 0.6 is 11.3 Å². The van der Waals surface area contributed by atoms with Gasteiger partial charge in [0.2, 0.25) is 0 Å². The standard InChI is InChI=1S/C14H17NOS/c1-10(6-13-4-5-17-9-13)15-11(2)7-14(8-16)12(15)3/h4-5,7-10H,6H2,1-3H3. The summed E-state index contributed by atoms with van der Waals surface area (Å²) in [6.07, 6.45) is 1.95. The lowest BCUT2D eigenvalue weighted by atomic mass is 10.1. The number of aromatic nitrogens is 1. The predicted molar refractivity (Wildman–Crippen MR) is 72.0 cm³/mol. The number of aldehydes is 1. The van der Waals surface area contributed by atoms with Crippen LogP contribution in [-0.4, -0.2) is 10.9 Å². The summed E-state index contributed by atoms with van der Waals surface area (Å²) in [6.45, 7) is 6.28. The van der Waals surface area contributed by atoms with Crippen molar-refractivity contribution in [1.82, 2.24) is 4.57 Å². The smallest absolute Gasteiger partial charge is 0.151 e. The van der Waals surface area contributed by atoms with Crippen molar-refractivity contribution in [3.05, 3.63) is 45.4 Å². The van der Waals surface area contributed by atoms with E-state index in [4.69, 9.17) is 0 Å². The first-order valence-corrected chi connectivity index (χ1v) is 6.72. The van der Waals surface area contributed by atoms with Gasteiger partial charge in [0, 0.05) is 23.0 Å². The topological polar surface area (TPSA) is 22.0 Å². The Labute approximate surface area is 106 Å². The molecule has 0 amide bonds. The molecule has 0 N–H and O–H groups in total. The molecule has 3 heteroatoms. The Balaban J connectivity index is 2.27. The molecule has 0 bridgehead atoms. The van der Waals surface area contributed by atoms with Crippen LogP contribution in [0.5, 0.6) is 0 Å². The maximum Gasteiger partial charge on any atom is 0.151 e. The summed E-state index contributed by atoms with van der Waals surface area (Å²) in [5, 5.41) is 4.29. The van der Waals surface area contributed by atoms with E-state index in [1.165, 1.54) is 5.56 Å². The van der Waals surface area contributed by atoms with Crippen LogP contribution < -0.4 is 0 Å². The van der Waals surface area contributed by atoms with Gasteiger partial charge in [-0.2, -0.15) is 11.3 Å². The minimum Gasteiger partial charge on any atom is -0.345 e. The normalized spacial score (nSPS) is 12.6. The molecule has 0 aliphatic rings. The Hall–Kier alpha value is -1.35. The monoisotopic (exact) mass is 247 g/mol. The second kappa shape index (κ2) is 4.88. The summed E-state index contributed by atoms with van der Waals surface area (Å²) in [4.78, 5) is 10.9. The maximum absolute atomic E-state index is 10.9. The lowest BCUT2D eigenvalue weighted by Crippen LogP contribution is -2.11. The largest absolute Gasteiger partial charge is 0.345 e. The zero-order chi connectivity index (χ0) is 12.4. The molecule has 2 heterocycles. The number of carbonyl (C=O) groups is 1. The first-order chi connectivity index (χ1) is 8.13. The maximum atomic E-state index is 10.9. The molecule has 17 heavy (non-hydrogen) atoms. The molecule has 1 atom stereocenters. The van der Waals surface area contributed by atoms with E-state index < -0.39 is 0 Å². The van der Waals surface area contributed by atoms with E-state index in [1.54, 1.807) is 11.3 Å². The molecule has 0 aliphatic heterocycles. The Morgan fingerprint density at radius 2 is 2.24 bits per heavy atom. The molecule has 0 saturated heterocycles. The first kappa shape index (κ1) is 12.1. The molecule has 0 aromatic carbocycles. The fourth-order valence-electron chi connectivity index (χ4n) is 2.44. The van der Waals surface area contributed by atoms with E-state index in [0.717, 1.165) is 29.7 Å². The van der Waals surface area contributed by atoms with Gasteiger partial charge in [-0.3, -0.25) is 4.79 Å². The van der Waals surface area contributed by atoms with Crippen LogP contribution in [0.1, 0.15) is 40.3 Å². The van der Waals surface area contributed by atoms with Crippen LogP contribution in [0.25, 0.3) is 0 Å². The first-order valence-electron chi connectivity index (χ1n) is 5.78. The van der Waals surface area contributed by atoms with Gasteiger partial charge >= 0.3 is 0 Å². The Morgan fingerprint density at radius 1 is 1.47 bits per heavy atom. The predicted octanol–water partition coefficient (Wildman–Crippen LogP) is 3.78. The number of aryl methyl sites for hydroxylation is 1. The van der Waals surface area contributed by atoms with Crippen LogP contribution in [0.3, 0.4) is 0 Å². The van der Waals surface area contributed by atoms with Crippen molar-refractivity contribution in [2.45, 2.75) is 33.2 Å². The zero-order valence-electron chi connectivity index (χ0n) is 10.4. The summed E-state index contributed by atoms with van der Waals surface area (Å²) < 4.78 is 2.25. The quantitative estimate of drug-likeness (QED) is 0.754. The number of nitrogens with zero attached hydrogens (tertiary/aromatic N) is 1. The van der Waals surface area contributed by atoms with Crippen LogP contribution in [0.15, 0.2) is 22.9 Å². The van der Waals surface area contributed by atoms with E-state index in [9.17, 15) is 4.79 Å². The van der Waals surface area contributed by atoms with Gasteiger partial charge < -0.3 is 4.57 Å². The molecule has 90 valence electrons. The van der Waals surface area contributed by atoms with Gasteiger partial charge in [0.05, 0.1) is 0 Å². The fraction of sp³-hybridized carbons (Fsp3) is 0.357. The molecular weight excluding hydrogens is 230 g/mol. The van der Waals surface area contributed by atoms with Crippen molar-refractivity contribution in [1.29, 1.82) is 0 Å². The van der Waals surface area contributed by atoms with Gasteiger partial charge in [0.1, 0.15) is 0 Å². The van der Waals surface area contributed by atoms with Gasteiger partial charge in [-0.25, -0.2) is 0 Å². The SMILES string of the molecule is Cc1cc(C=O)c(C)n1C(C)Cc1ccsc1. The van der Waals surface area contributed by atoms with Crippen molar-refractivity contribution < 1.29 is 4.79 Å². The summed E-state index contributed by atoms with van der Waals surface area (Å²) in [7, 11) is 0.